The highest BCUT2D eigenvalue weighted by atomic mass is 19.2. The first-order valence-corrected chi connectivity index (χ1v) is 10.8. The molecule has 2 aliphatic heterocycles. The summed E-state index contributed by atoms with van der Waals surface area (Å²) < 4.78 is 37.3. The van der Waals surface area contributed by atoms with Crippen molar-refractivity contribution in [3.8, 4) is 5.75 Å². The van der Waals surface area contributed by atoms with Crippen LogP contribution in [-0.2, 0) is 14.3 Å². The molecule has 2 amide bonds. The first-order valence-electron chi connectivity index (χ1n) is 10.8. The molecule has 1 atom stereocenters. The van der Waals surface area contributed by atoms with Crippen LogP contribution in [0.25, 0.3) is 0 Å². The lowest BCUT2D eigenvalue weighted by Crippen LogP contribution is -2.55. The van der Waals surface area contributed by atoms with E-state index in [2.05, 4.69) is 4.90 Å². The van der Waals surface area contributed by atoms with E-state index in [0.717, 1.165) is 25.0 Å². The number of aliphatic hydroxyl groups is 1. The van der Waals surface area contributed by atoms with Crippen LogP contribution in [0.3, 0.4) is 0 Å². The Labute approximate surface area is 186 Å². The van der Waals surface area contributed by atoms with Gasteiger partial charge in [-0.15, -0.1) is 0 Å². The van der Waals surface area contributed by atoms with Crippen molar-refractivity contribution in [3.63, 3.8) is 0 Å². The number of hydrogen-bond donors (Lipinski definition) is 1. The van der Waals surface area contributed by atoms with Crippen molar-refractivity contribution < 1.29 is 33.0 Å². The van der Waals surface area contributed by atoms with Gasteiger partial charge < -0.3 is 24.4 Å². The molecule has 1 aromatic carbocycles. The van der Waals surface area contributed by atoms with E-state index in [1.54, 1.807) is 16.7 Å². The standard InChI is InChI=1S/C22H31F2N3O5/c1-16(28)25-7-5-17(6-8-25)26-9-10-27(21(29)12-31-2)14-22(30,13-26)15-32-18-3-4-19(23)20(24)11-18/h3-4,11,17,30H,5-10,12-15H2,1-2H3/t22-/m1/s1. The molecule has 0 bridgehead atoms. The van der Waals surface area contributed by atoms with E-state index in [9.17, 15) is 23.5 Å². The number of β-amino-alcohol motifs (C(OH)–C–C–N with tert-alkyl or cyclic N) is 1. The largest absolute Gasteiger partial charge is 0.490 e. The maximum absolute atomic E-state index is 13.5. The van der Waals surface area contributed by atoms with E-state index in [0.29, 0.717) is 26.2 Å². The topological polar surface area (TPSA) is 82.6 Å². The van der Waals surface area contributed by atoms with Crippen molar-refractivity contribution >= 4 is 11.8 Å². The van der Waals surface area contributed by atoms with E-state index in [1.807, 2.05) is 0 Å². The first-order chi connectivity index (χ1) is 15.2. The lowest BCUT2D eigenvalue weighted by molar-refractivity contribution is -0.138. The van der Waals surface area contributed by atoms with E-state index >= 15 is 0 Å². The molecular weight excluding hydrogens is 424 g/mol. The number of carbonyl (C=O) groups is 2. The van der Waals surface area contributed by atoms with Crippen molar-refractivity contribution in [2.75, 3.05) is 59.6 Å². The summed E-state index contributed by atoms with van der Waals surface area (Å²) >= 11 is 0. The number of hydrogen-bond acceptors (Lipinski definition) is 6. The van der Waals surface area contributed by atoms with E-state index < -0.39 is 17.2 Å². The summed E-state index contributed by atoms with van der Waals surface area (Å²) in [5, 5.41) is 11.4. The maximum Gasteiger partial charge on any atom is 0.248 e. The van der Waals surface area contributed by atoms with Gasteiger partial charge in [0.15, 0.2) is 11.6 Å². The molecule has 2 fully saturated rings. The molecule has 10 heteroatoms. The first kappa shape index (κ1) is 24.3. The molecule has 1 aromatic rings. The molecule has 3 rings (SSSR count). The summed E-state index contributed by atoms with van der Waals surface area (Å²) in [6.45, 7) is 3.81. The van der Waals surface area contributed by atoms with Crippen LogP contribution in [0, 0.1) is 11.6 Å². The number of nitrogens with zero attached hydrogens (tertiary/aromatic N) is 3. The van der Waals surface area contributed by atoms with Gasteiger partial charge in [0, 0.05) is 58.9 Å². The molecule has 8 nitrogen and oxygen atoms in total. The minimum Gasteiger partial charge on any atom is -0.490 e. The van der Waals surface area contributed by atoms with Crippen molar-refractivity contribution in [3.05, 3.63) is 29.8 Å². The summed E-state index contributed by atoms with van der Waals surface area (Å²) in [6.07, 6.45) is 1.54. The Morgan fingerprint density at radius 2 is 1.81 bits per heavy atom. The smallest absolute Gasteiger partial charge is 0.248 e. The van der Waals surface area contributed by atoms with Crippen molar-refractivity contribution in [2.24, 2.45) is 0 Å². The van der Waals surface area contributed by atoms with Gasteiger partial charge in [-0.2, -0.15) is 0 Å². The fourth-order valence-electron chi connectivity index (χ4n) is 4.35. The van der Waals surface area contributed by atoms with Crippen LogP contribution in [0.15, 0.2) is 18.2 Å². The number of amides is 2. The SMILES string of the molecule is COCC(=O)N1CCN(C2CCN(C(C)=O)CC2)C[C@](O)(COc2ccc(F)c(F)c2)C1. The molecule has 0 saturated carbocycles. The van der Waals surface area contributed by atoms with Gasteiger partial charge in [-0.05, 0) is 25.0 Å². The molecule has 0 aromatic heterocycles. The molecule has 0 unspecified atom stereocenters. The monoisotopic (exact) mass is 455 g/mol. The zero-order chi connectivity index (χ0) is 23.3. The van der Waals surface area contributed by atoms with Gasteiger partial charge in [-0.3, -0.25) is 14.5 Å². The van der Waals surface area contributed by atoms with E-state index in [1.165, 1.54) is 13.2 Å². The van der Waals surface area contributed by atoms with Crippen LogP contribution in [0.5, 0.6) is 5.75 Å². The number of benzene rings is 1. The third kappa shape index (κ3) is 6.14. The highest BCUT2D eigenvalue weighted by Gasteiger charge is 2.40. The Morgan fingerprint density at radius 3 is 2.44 bits per heavy atom. The number of rotatable bonds is 6. The van der Waals surface area contributed by atoms with Crippen molar-refractivity contribution in [1.29, 1.82) is 0 Å². The average molecular weight is 456 g/mol. The van der Waals surface area contributed by atoms with Crippen LogP contribution in [0.1, 0.15) is 19.8 Å². The number of likely N-dealkylation sites (tertiary alicyclic amines) is 1. The second kappa shape index (κ2) is 10.5. The molecular formula is C22H31F2N3O5. The second-order valence-electron chi connectivity index (χ2n) is 8.54. The van der Waals surface area contributed by atoms with Gasteiger partial charge in [0.25, 0.3) is 0 Å². The van der Waals surface area contributed by atoms with Crippen LogP contribution in [0.2, 0.25) is 0 Å². The van der Waals surface area contributed by atoms with Crippen molar-refractivity contribution in [2.45, 2.75) is 31.4 Å². The summed E-state index contributed by atoms with van der Waals surface area (Å²) in [5.74, 6) is -2.12. The lowest BCUT2D eigenvalue weighted by Gasteiger charge is -2.40. The zero-order valence-electron chi connectivity index (χ0n) is 18.6. The third-order valence-corrected chi connectivity index (χ3v) is 6.09. The summed E-state index contributed by atoms with van der Waals surface area (Å²) in [6, 6.07) is 3.34. The minimum absolute atomic E-state index is 0.0294. The third-order valence-electron chi connectivity index (χ3n) is 6.09. The summed E-state index contributed by atoms with van der Waals surface area (Å²) in [4.78, 5) is 29.6. The Morgan fingerprint density at radius 1 is 1.09 bits per heavy atom. The summed E-state index contributed by atoms with van der Waals surface area (Å²) in [5.41, 5.74) is -1.43. The number of ether oxygens (including phenoxy) is 2. The molecule has 2 saturated heterocycles. The number of carbonyl (C=O) groups excluding carboxylic acids is 2. The molecule has 32 heavy (non-hydrogen) atoms. The van der Waals surface area contributed by atoms with Crippen LogP contribution < -0.4 is 4.74 Å². The maximum atomic E-state index is 13.5. The Bertz CT molecular complexity index is 819. The predicted octanol–water partition coefficient (Wildman–Crippen LogP) is 0.876. The normalized spacial score (nSPS) is 23.2. The van der Waals surface area contributed by atoms with Crippen LogP contribution in [0.4, 0.5) is 8.78 Å². The fraction of sp³-hybridized carbons (Fsp3) is 0.636. The molecule has 0 radical (unpaired) electrons. The average Bonchev–Trinajstić information content (AvgIpc) is 2.94. The van der Waals surface area contributed by atoms with E-state index in [-0.39, 0.29) is 49.9 Å². The minimum atomic E-state index is -1.43. The Kier molecular flexibility index (Phi) is 8.02. The quantitative estimate of drug-likeness (QED) is 0.686. The Hall–Kier alpha value is -2.30. The highest BCUT2D eigenvalue weighted by Crippen LogP contribution is 2.24. The molecule has 1 N–H and O–H groups in total. The van der Waals surface area contributed by atoms with Crippen LogP contribution >= 0.6 is 0 Å². The van der Waals surface area contributed by atoms with Gasteiger partial charge in [-0.1, -0.05) is 0 Å². The molecule has 2 heterocycles. The molecule has 0 aliphatic carbocycles. The van der Waals surface area contributed by atoms with E-state index in [4.69, 9.17) is 9.47 Å². The molecule has 0 spiro atoms. The van der Waals surface area contributed by atoms with Crippen molar-refractivity contribution in [1.82, 2.24) is 14.7 Å². The molecule has 2 aliphatic rings. The van der Waals surface area contributed by atoms with Gasteiger partial charge in [0.05, 0.1) is 6.54 Å². The molecule has 178 valence electrons. The van der Waals surface area contributed by atoms with Gasteiger partial charge >= 0.3 is 0 Å². The highest BCUT2D eigenvalue weighted by molar-refractivity contribution is 5.77. The second-order valence-corrected chi connectivity index (χ2v) is 8.54. The Balaban J connectivity index is 1.73. The fourth-order valence-corrected chi connectivity index (χ4v) is 4.35. The predicted molar refractivity (Wildman–Crippen MR) is 112 cm³/mol. The van der Waals surface area contributed by atoms with Gasteiger partial charge in [0.2, 0.25) is 11.8 Å². The zero-order valence-corrected chi connectivity index (χ0v) is 18.6. The number of piperidine rings is 1. The summed E-state index contributed by atoms with van der Waals surface area (Å²) in [7, 11) is 1.43. The van der Waals surface area contributed by atoms with Gasteiger partial charge in [-0.25, -0.2) is 8.78 Å². The van der Waals surface area contributed by atoms with Gasteiger partial charge in [0.1, 0.15) is 24.6 Å². The lowest BCUT2D eigenvalue weighted by atomic mass is 9.99. The number of methoxy groups -OCH3 is 1. The number of halogens is 2. The van der Waals surface area contributed by atoms with Crippen LogP contribution in [-0.4, -0.2) is 103 Å².